The maximum atomic E-state index is 10.9. The smallest absolute Gasteiger partial charge is 0.233 e. The maximum absolute atomic E-state index is 10.9. The van der Waals surface area contributed by atoms with E-state index in [0.29, 0.717) is 6.42 Å². The Balaban J connectivity index is 2.38. The van der Waals surface area contributed by atoms with Crippen molar-refractivity contribution in [3.8, 4) is 0 Å². The monoisotopic (exact) mass is 288 g/mol. The Morgan fingerprint density at radius 2 is 2.19 bits per heavy atom. The maximum Gasteiger partial charge on any atom is 0.233 e. The summed E-state index contributed by atoms with van der Waals surface area (Å²) < 4.78 is 3.02. The van der Waals surface area contributed by atoms with Gasteiger partial charge in [0.05, 0.1) is 10.2 Å². The Hall–Kier alpha value is -0.880. The lowest BCUT2D eigenvalue weighted by Crippen LogP contribution is -2.29. The van der Waals surface area contributed by atoms with Crippen molar-refractivity contribution in [2.45, 2.75) is 39.7 Å². The Morgan fingerprint density at radius 1 is 1.50 bits per heavy atom. The summed E-state index contributed by atoms with van der Waals surface area (Å²) in [6, 6.07) is 0. The molecule has 0 radical (unpaired) electrons. The van der Waals surface area contributed by atoms with Crippen LogP contribution in [0.25, 0.3) is 0 Å². The van der Waals surface area contributed by atoms with Crippen LogP contribution < -0.4 is 11.3 Å². The van der Waals surface area contributed by atoms with Crippen LogP contribution >= 0.6 is 15.9 Å². The van der Waals surface area contributed by atoms with E-state index < -0.39 is 0 Å². The summed E-state index contributed by atoms with van der Waals surface area (Å²) in [5, 5.41) is 4.39. The number of aromatic nitrogens is 2. The van der Waals surface area contributed by atoms with Crippen molar-refractivity contribution in [3.05, 3.63) is 15.9 Å². The Bertz CT molecular complexity index is 375. The summed E-state index contributed by atoms with van der Waals surface area (Å²) in [5.74, 6) is 4.87. The van der Waals surface area contributed by atoms with Gasteiger partial charge in [-0.1, -0.05) is 0 Å². The number of carbonyl (C=O) groups excluding carboxylic acids is 1. The molecule has 0 saturated heterocycles. The molecule has 0 bridgehead atoms. The normalized spacial score (nSPS) is 10.5. The molecule has 0 aliphatic heterocycles. The fourth-order valence-corrected chi connectivity index (χ4v) is 1.80. The average molecular weight is 289 g/mol. The van der Waals surface area contributed by atoms with E-state index in [9.17, 15) is 4.79 Å². The summed E-state index contributed by atoms with van der Waals surface area (Å²) in [4.78, 5) is 10.9. The van der Waals surface area contributed by atoms with Gasteiger partial charge in [0.2, 0.25) is 5.91 Å². The van der Waals surface area contributed by atoms with Gasteiger partial charge in [-0.25, -0.2) is 5.84 Å². The molecule has 5 nitrogen and oxygen atoms in total. The summed E-state index contributed by atoms with van der Waals surface area (Å²) >= 11 is 3.48. The minimum atomic E-state index is -0.116. The SMILES string of the molecule is Cc1nn(CCCCC(=O)NN)c(C)c1Br. The highest BCUT2D eigenvalue weighted by atomic mass is 79.9. The fourth-order valence-electron chi connectivity index (χ4n) is 1.51. The summed E-state index contributed by atoms with van der Waals surface area (Å²) in [7, 11) is 0. The van der Waals surface area contributed by atoms with E-state index in [0.717, 1.165) is 35.2 Å². The van der Waals surface area contributed by atoms with Gasteiger partial charge in [-0.2, -0.15) is 5.10 Å². The van der Waals surface area contributed by atoms with Gasteiger partial charge in [-0.05, 0) is 42.6 Å². The van der Waals surface area contributed by atoms with Crippen molar-refractivity contribution in [1.29, 1.82) is 0 Å². The van der Waals surface area contributed by atoms with Crippen LogP contribution in [-0.2, 0) is 11.3 Å². The van der Waals surface area contributed by atoms with Gasteiger partial charge in [0, 0.05) is 18.7 Å². The number of halogens is 1. The molecule has 0 aliphatic carbocycles. The first-order valence-corrected chi connectivity index (χ1v) is 6.04. The van der Waals surface area contributed by atoms with Crippen LogP contribution in [-0.4, -0.2) is 15.7 Å². The van der Waals surface area contributed by atoms with E-state index in [-0.39, 0.29) is 5.91 Å². The minimum Gasteiger partial charge on any atom is -0.294 e. The first kappa shape index (κ1) is 13.2. The zero-order chi connectivity index (χ0) is 12.1. The number of rotatable bonds is 5. The standard InChI is InChI=1S/C10H17BrN4O/c1-7-10(11)8(2)15(14-7)6-4-3-5-9(16)13-12/h3-6,12H2,1-2H3,(H,13,16). The molecule has 0 atom stereocenters. The lowest BCUT2D eigenvalue weighted by Gasteiger charge is -2.04. The molecular weight excluding hydrogens is 272 g/mol. The van der Waals surface area contributed by atoms with Crippen molar-refractivity contribution < 1.29 is 4.79 Å². The Morgan fingerprint density at radius 3 is 2.69 bits per heavy atom. The van der Waals surface area contributed by atoms with E-state index in [4.69, 9.17) is 5.84 Å². The molecule has 1 rings (SSSR count). The number of hydrazine groups is 1. The third-order valence-electron chi connectivity index (χ3n) is 2.48. The number of amides is 1. The molecule has 1 aromatic heterocycles. The largest absolute Gasteiger partial charge is 0.294 e. The van der Waals surface area contributed by atoms with Crippen LogP contribution in [0.4, 0.5) is 0 Å². The number of nitrogens with one attached hydrogen (secondary N) is 1. The van der Waals surface area contributed by atoms with Gasteiger partial charge >= 0.3 is 0 Å². The minimum absolute atomic E-state index is 0.116. The Labute approximate surface area is 103 Å². The zero-order valence-corrected chi connectivity index (χ0v) is 11.2. The van der Waals surface area contributed by atoms with E-state index in [2.05, 4.69) is 26.5 Å². The van der Waals surface area contributed by atoms with Gasteiger partial charge in [0.1, 0.15) is 0 Å². The number of carbonyl (C=O) groups is 1. The van der Waals surface area contributed by atoms with Crippen LogP contribution in [0.5, 0.6) is 0 Å². The second kappa shape index (κ2) is 6.00. The van der Waals surface area contributed by atoms with Gasteiger partial charge in [-0.3, -0.25) is 14.9 Å². The molecule has 3 N–H and O–H groups in total. The molecule has 90 valence electrons. The van der Waals surface area contributed by atoms with Crippen LogP contribution in [0, 0.1) is 13.8 Å². The highest BCUT2D eigenvalue weighted by Gasteiger charge is 2.08. The van der Waals surface area contributed by atoms with E-state index in [1.807, 2.05) is 18.5 Å². The van der Waals surface area contributed by atoms with Crippen LogP contribution in [0.15, 0.2) is 4.47 Å². The number of unbranched alkanes of at least 4 members (excludes halogenated alkanes) is 1. The predicted molar refractivity (Wildman–Crippen MR) is 65.6 cm³/mol. The van der Waals surface area contributed by atoms with Crippen molar-refractivity contribution in [3.63, 3.8) is 0 Å². The molecule has 1 amide bonds. The van der Waals surface area contributed by atoms with Gasteiger partial charge in [-0.15, -0.1) is 0 Å². The molecule has 1 aromatic rings. The molecule has 0 unspecified atom stereocenters. The number of aryl methyl sites for hydroxylation is 2. The lowest BCUT2D eigenvalue weighted by molar-refractivity contribution is -0.121. The van der Waals surface area contributed by atoms with Gasteiger partial charge < -0.3 is 0 Å². The van der Waals surface area contributed by atoms with Crippen molar-refractivity contribution in [2.75, 3.05) is 0 Å². The van der Waals surface area contributed by atoms with Crippen LogP contribution in [0.1, 0.15) is 30.7 Å². The molecule has 0 saturated carbocycles. The molecule has 0 fully saturated rings. The highest BCUT2D eigenvalue weighted by molar-refractivity contribution is 9.10. The van der Waals surface area contributed by atoms with Crippen molar-refractivity contribution >= 4 is 21.8 Å². The van der Waals surface area contributed by atoms with E-state index in [1.165, 1.54) is 0 Å². The average Bonchev–Trinajstić information content (AvgIpc) is 2.52. The zero-order valence-electron chi connectivity index (χ0n) is 9.59. The number of nitrogens with zero attached hydrogens (tertiary/aromatic N) is 2. The third kappa shape index (κ3) is 3.31. The third-order valence-corrected chi connectivity index (χ3v) is 3.63. The lowest BCUT2D eigenvalue weighted by atomic mass is 10.2. The van der Waals surface area contributed by atoms with E-state index >= 15 is 0 Å². The van der Waals surface area contributed by atoms with Gasteiger partial charge in [0.15, 0.2) is 0 Å². The summed E-state index contributed by atoms with van der Waals surface area (Å²) in [5.41, 5.74) is 4.24. The van der Waals surface area contributed by atoms with Crippen molar-refractivity contribution in [2.24, 2.45) is 5.84 Å². The predicted octanol–water partition coefficient (Wildman–Crippen LogP) is 1.42. The molecule has 0 aromatic carbocycles. The van der Waals surface area contributed by atoms with Crippen LogP contribution in [0.2, 0.25) is 0 Å². The summed E-state index contributed by atoms with van der Waals surface area (Å²) in [6.07, 6.45) is 2.21. The molecule has 1 heterocycles. The number of hydrogen-bond donors (Lipinski definition) is 2. The fraction of sp³-hybridized carbons (Fsp3) is 0.600. The second-order valence-corrected chi connectivity index (χ2v) is 4.53. The van der Waals surface area contributed by atoms with Crippen molar-refractivity contribution in [1.82, 2.24) is 15.2 Å². The molecule has 0 spiro atoms. The van der Waals surface area contributed by atoms with E-state index in [1.54, 1.807) is 0 Å². The van der Waals surface area contributed by atoms with Crippen LogP contribution in [0.3, 0.4) is 0 Å². The molecule has 6 heteroatoms. The molecule has 0 aliphatic rings. The second-order valence-electron chi connectivity index (χ2n) is 3.73. The quantitative estimate of drug-likeness (QED) is 0.373. The first-order valence-electron chi connectivity index (χ1n) is 5.25. The topological polar surface area (TPSA) is 72.9 Å². The molecule has 16 heavy (non-hydrogen) atoms. The first-order chi connectivity index (χ1) is 7.56. The number of hydrogen-bond acceptors (Lipinski definition) is 3. The summed E-state index contributed by atoms with van der Waals surface area (Å²) in [6.45, 7) is 4.82. The highest BCUT2D eigenvalue weighted by Crippen LogP contribution is 2.20. The Kier molecular flexibility index (Phi) is 4.95. The molecular formula is C10H17BrN4O. The van der Waals surface area contributed by atoms with Gasteiger partial charge in [0.25, 0.3) is 0 Å². The number of nitrogens with two attached hydrogens (primary N) is 1.